The lowest BCUT2D eigenvalue weighted by Gasteiger charge is -2.34. The van der Waals surface area contributed by atoms with Gasteiger partial charge in [-0.15, -0.1) is 0 Å². The van der Waals surface area contributed by atoms with Crippen LogP contribution in [0.5, 0.6) is 0 Å². The maximum atomic E-state index is 14.1. The van der Waals surface area contributed by atoms with E-state index in [1.807, 2.05) is 0 Å². The Morgan fingerprint density at radius 1 is 1.12 bits per heavy atom. The van der Waals surface area contributed by atoms with Gasteiger partial charge in [-0.1, -0.05) is 23.5 Å². The van der Waals surface area contributed by atoms with E-state index in [2.05, 4.69) is 9.71 Å². The van der Waals surface area contributed by atoms with Crippen molar-refractivity contribution in [2.75, 3.05) is 36.1 Å². The third-order valence-electron chi connectivity index (χ3n) is 5.33. The molecule has 3 aromatic rings. The Morgan fingerprint density at radius 2 is 1.85 bits per heavy atom. The molecule has 180 valence electrons. The highest BCUT2D eigenvalue weighted by atomic mass is 32.2. The van der Waals surface area contributed by atoms with Crippen LogP contribution in [0.4, 0.5) is 28.8 Å². The molecule has 0 spiro atoms. The minimum atomic E-state index is -1.53. The number of halogens is 3. The molecule has 1 aliphatic rings. The molecule has 1 atom stereocenters. The van der Waals surface area contributed by atoms with Gasteiger partial charge in [-0.05, 0) is 55.7 Å². The Kier molecular flexibility index (Phi) is 7.64. The zero-order chi connectivity index (χ0) is 24.2. The van der Waals surface area contributed by atoms with Crippen LogP contribution in [-0.2, 0) is 11.0 Å². The minimum Gasteiger partial charge on any atom is -0.294 e. The van der Waals surface area contributed by atoms with Crippen molar-refractivity contribution >= 4 is 39.2 Å². The summed E-state index contributed by atoms with van der Waals surface area (Å²) >= 11 is 1.17. The second kappa shape index (κ2) is 10.7. The first-order valence-corrected chi connectivity index (χ1v) is 12.7. The fourth-order valence-electron chi connectivity index (χ4n) is 3.63. The zero-order valence-electron chi connectivity index (χ0n) is 18.4. The van der Waals surface area contributed by atoms with Crippen LogP contribution in [0.2, 0.25) is 0 Å². The molecule has 0 aliphatic carbocycles. The number of benzene rings is 2. The molecule has 2 amide bonds. The first-order valence-electron chi connectivity index (χ1n) is 10.7. The third-order valence-corrected chi connectivity index (χ3v) is 8.11. The number of aryl methyl sites for hydroxylation is 1. The number of carbonyl (C=O) groups excluding carboxylic acids is 1. The van der Waals surface area contributed by atoms with Crippen LogP contribution in [-0.4, -0.2) is 41.5 Å². The highest BCUT2D eigenvalue weighted by Gasteiger charge is 2.31. The van der Waals surface area contributed by atoms with Crippen LogP contribution >= 0.6 is 11.3 Å². The van der Waals surface area contributed by atoms with Crippen LogP contribution in [0, 0.1) is 18.6 Å². The normalized spacial score (nSPS) is 15.1. The first kappa shape index (κ1) is 24.4. The van der Waals surface area contributed by atoms with Gasteiger partial charge in [-0.2, -0.15) is 0 Å². The maximum Gasteiger partial charge on any atom is 0.330 e. The standard InChI is InChI=1S/C23H23F3N4O2S2/c1-15-21(34(32)27-11-2-10-24)33-22(28-15)30-13-3-12-29(23(30)31)18-7-4-16(5-8-18)19-14-17(25)6-9-20(19)26/h4-9,14,27H,2-3,10-13H2,1H3. The molecule has 1 saturated heterocycles. The summed E-state index contributed by atoms with van der Waals surface area (Å²) in [6.45, 7) is 2.48. The summed E-state index contributed by atoms with van der Waals surface area (Å²) in [6, 6.07) is 9.71. The summed E-state index contributed by atoms with van der Waals surface area (Å²) in [4.78, 5) is 20.8. The topological polar surface area (TPSA) is 65.5 Å². The van der Waals surface area contributed by atoms with Crippen molar-refractivity contribution in [2.45, 2.75) is 24.0 Å². The van der Waals surface area contributed by atoms with Gasteiger partial charge >= 0.3 is 6.03 Å². The second-order valence-electron chi connectivity index (χ2n) is 7.69. The number of hydrogen-bond acceptors (Lipinski definition) is 4. The van der Waals surface area contributed by atoms with E-state index in [9.17, 15) is 22.2 Å². The summed E-state index contributed by atoms with van der Waals surface area (Å²) in [5.74, 6) is -1.06. The molecular formula is C23H23F3N4O2S2. The third kappa shape index (κ3) is 5.16. The number of amides is 2. The van der Waals surface area contributed by atoms with Crippen LogP contribution in [0.25, 0.3) is 11.1 Å². The van der Waals surface area contributed by atoms with E-state index in [0.717, 1.165) is 18.2 Å². The minimum absolute atomic E-state index is 0.150. The van der Waals surface area contributed by atoms with Crippen LogP contribution in [0.15, 0.2) is 46.7 Å². The van der Waals surface area contributed by atoms with E-state index in [4.69, 9.17) is 0 Å². The van der Waals surface area contributed by atoms with Gasteiger partial charge in [0, 0.05) is 30.9 Å². The Labute approximate surface area is 202 Å². The molecule has 0 bridgehead atoms. The Hall–Kier alpha value is -2.76. The van der Waals surface area contributed by atoms with Crippen molar-refractivity contribution in [3.8, 4) is 11.1 Å². The average Bonchev–Trinajstić information content (AvgIpc) is 3.22. The van der Waals surface area contributed by atoms with Crippen molar-refractivity contribution in [3.63, 3.8) is 0 Å². The first-order chi connectivity index (χ1) is 16.4. The summed E-state index contributed by atoms with van der Waals surface area (Å²) in [7, 11) is -1.53. The van der Waals surface area contributed by atoms with Crippen molar-refractivity contribution in [2.24, 2.45) is 0 Å². The van der Waals surface area contributed by atoms with Crippen molar-refractivity contribution in [1.82, 2.24) is 9.71 Å². The lowest BCUT2D eigenvalue weighted by Crippen LogP contribution is -2.49. The number of hydrogen-bond donors (Lipinski definition) is 1. The number of anilines is 2. The highest BCUT2D eigenvalue weighted by molar-refractivity contribution is 7.85. The van der Waals surface area contributed by atoms with Gasteiger partial charge in [-0.25, -0.2) is 27.5 Å². The molecule has 11 heteroatoms. The number of urea groups is 1. The quantitative estimate of drug-likeness (QED) is 0.425. The molecule has 2 aromatic carbocycles. The number of alkyl halides is 1. The fourth-order valence-corrected chi connectivity index (χ4v) is 5.93. The number of carbonyl (C=O) groups is 1. The number of rotatable bonds is 8. The van der Waals surface area contributed by atoms with Crippen LogP contribution < -0.4 is 14.5 Å². The van der Waals surface area contributed by atoms with Gasteiger partial charge in [0.05, 0.1) is 12.4 Å². The van der Waals surface area contributed by atoms with Gasteiger partial charge in [0.15, 0.2) is 5.13 Å². The molecule has 1 N–H and O–H groups in total. The molecule has 0 radical (unpaired) electrons. The van der Waals surface area contributed by atoms with E-state index in [1.165, 1.54) is 11.3 Å². The SMILES string of the molecule is Cc1nc(N2CCCN(c3ccc(-c4cc(F)ccc4F)cc3)C2=O)sc1S(=O)NCCCF. The monoisotopic (exact) mass is 508 g/mol. The lowest BCUT2D eigenvalue weighted by molar-refractivity contribution is 0.248. The second-order valence-corrected chi connectivity index (χ2v) is 10.2. The largest absolute Gasteiger partial charge is 0.330 e. The predicted molar refractivity (Wildman–Crippen MR) is 128 cm³/mol. The fraction of sp³-hybridized carbons (Fsp3) is 0.304. The number of thiazole rings is 1. The average molecular weight is 509 g/mol. The zero-order valence-corrected chi connectivity index (χ0v) is 20.0. The molecule has 0 saturated carbocycles. The smallest absolute Gasteiger partial charge is 0.294 e. The Balaban J connectivity index is 1.52. The summed E-state index contributed by atoms with van der Waals surface area (Å²) in [6.07, 6.45) is 0.957. The molecule has 34 heavy (non-hydrogen) atoms. The maximum absolute atomic E-state index is 14.1. The summed E-state index contributed by atoms with van der Waals surface area (Å²) in [5, 5.41) is 0.446. The Bertz CT molecular complexity index is 1200. The van der Waals surface area contributed by atoms with Gasteiger partial charge in [0.1, 0.15) is 26.8 Å². The van der Waals surface area contributed by atoms with E-state index >= 15 is 0 Å². The highest BCUT2D eigenvalue weighted by Crippen LogP contribution is 2.32. The van der Waals surface area contributed by atoms with Gasteiger partial charge in [0.2, 0.25) is 0 Å². The number of aromatic nitrogens is 1. The van der Waals surface area contributed by atoms with E-state index in [1.54, 1.807) is 41.0 Å². The summed E-state index contributed by atoms with van der Waals surface area (Å²) in [5.41, 5.74) is 1.83. The molecule has 1 aliphatic heterocycles. The number of nitrogens with one attached hydrogen (secondary N) is 1. The van der Waals surface area contributed by atoms with Crippen LogP contribution in [0.1, 0.15) is 18.5 Å². The van der Waals surface area contributed by atoms with Gasteiger partial charge in [-0.3, -0.25) is 14.2 Å². The molecule has 2 heterocycles. The molecule has 1 aromatic heterocycles. The molecule has 6 nitrogen and oxygen atoms in total. The number of nitrogens with zero attached hydrogens (tertiary/aromatic N) is 3. The van der Waals surface area contributed by atoms with Crippen molar-refractivity contribution in [3.05, 3.63) is 59.8 Å². The van der Waals surface area contributed by atoms with Gasteiger partial charge < -0.3 is 0 Å². The molecule has 4 rings (SSSR count). The Morgan fingerprint density at radius 3 is 2.59 bits per heavy atom. The molecule has 1 fully saturated rings. The van der Waals surface area contributed by atoms with Crippen LogP contribution in [0.3, 0.4) is 0 Å². The van der Waals surface area contributed by atoms with Gasteiger partial charge in [0.25, 0.3) is 0 Å². The molecule has 1 unspecified atom stereocenters. The predicted octanol–water partition coefficient (Wildman–Crippen LogP) is 5.21. The van der Waals surface area contributed by atoms with E-state index < -0.39 is 29.3 Å². The van der Waals surface area contributed by atoms with E-state index in [0.29, 0.717) is 45.8 Å². The molecular weight excluding hydrogens is 485 g/mol. The lowest BCUT2D eigenvalue weighted by atomic mass is 10.0. The summed E-state index contributed by atoms with van der Waals surface area (Å²) < 4.78 is 55.7. The van der Waals surface area contributed by atoms with Crippen molar-refractivity contribution < 1.29 is 22.2 Å². The van der Waals surface area contributed by atoms with Crippen molar-refractivity contribution in [1.29, 1.82) is 0 Å². The van der Waals surface area contributed by atoms with E-state index in [-0.39, 0.29) is 24.6 Å².